The molecule has 2 aliphatic heterocycles. The number of cyclic esters (lactones) is 1. The number of nitrogens with zero attached hydrogens (tertiary/aromatic N) is 2. The van der Waals surface area contributed by atoms with E-state index in [0.29, 0.717) is 13.1 Å². The number of hydrogen-bond acceptors (Lipinski definition) is 5. The largest absolute Gasteiger partial charge is 0.442 e. The number of aromatic nitrogens is 2. The van der Waals surface area contributed by atoms with E-state index in [4.69, 9.17) is 4.74 Å². The molecule has 7 nitrogen and oxygen atoms in total. The maximum absolute atomic E-state index is 12.2. The molecule has 0 radical (unpaired) electrons. The van der Waals surface area contributed by atoms with Gasteiger partial charge in [0, 0.05) is 35.0 Å². The van der Waals surface area contributed by atoms with Crippen molar-refractivity contribution in [2.45, 2.75) is 24.3 Å². The molecular weight excluding hydrogens is 340 g/mol. The Bertz CT molecular complexity index is 835. The lowest BCUT2D eigenvalue weighted by molar-refractivity contribution is -0.119. The molecule has 8 heteroatoms. The molecule has 2 aliphatic rings. The van der Waals surface area contributed by atoms with Crippen LogP contribution in [0.3, 0.4) is 0 Å². The normalized spacial score (nSPS) is 19.0. The van der Waals surface area contributed by atoms with Gasteiger partial charge in [-0.2, -0.15) is 5.10 Å². The molecule has 0 saturated carbocycles. The average molecular weight is 358 g/mol. The van der Waals surface area contributed by atoms with E-state index in [1.807, 2.05) is 24.4 Å². The van der Waals surface area contributed by atoms with Crippen LogP contribution in [-0.2, 0) is 16.0 Å². The van der Waals surface area contributed by atoms with Crippen LogP contribution in [0.15, 0.2) is 29.3 Å². The molecule has 1 fully saturated rings. The number of ether oxygens (including phenoxy) is 1. The predicted octanol–water partition coefficient (Wildman–Crippen LogP) is 2.19. The number of aryl methyl sites for hydroxylation is 1. The quantitative estimate of drug-likeness (QED) is 0.878. The Hall–Kier alpha value is -2.48. The maximum atomic E-state index is 12.2. The van der Waals surface area contributed by atoms with Crippen LogP contribution in [0.1, 0.15) is 12.5 Å². The average Bonchev–Trinajstić information content (AvgIpc) is 3.15. The van der Waals surface area contributed by atoms with Crippen molar-refractivity contribution in [1.82, 2.24) is 15.5 Å². The van der Waals surface area contributed by atoms with Gasteiger partial charge in [-0.1, -0.05) is 0 Å². The Morgan fingerprint density at radius 2 is 2.40 bits per heavy atom. The third kappa shape index (κ3) is 3.09. The van der Waals surface area contributed by atoms with Gasteiger partial charge in [0.05, 0.1) is 18.8 Å². The van der Waals surface area contributed by atoms with E-state index in [2.05, 4.69) is 15.5 Å². The molecule has 0 bridgehead atoms. The van der Waals surface area contributed by atoms with Gasteiger partial charge < -0.3 is 10.1 Å². The van der Waals surface area contributed by atoms with Gasteiger partial charge in [0.1, 0.15) is 6.10 Å². The van der Waals surface area contributed by atoms with Gasteiger partial charge in [-0.25, -0.2) is 4.79 Å². The van der Waals surface area contributed by atoms with Crippen LogP contribution in [0.4, 0.5) is 10.5 Å². The highest BCUT2D eigenvalue weighted by molar-refractivity contribution is 7.99. The first-order valence-corrected chi connectivity index (χ1v) is 9.13. The summed E-state index contributed by atoms with van der Waals surface area (Å²) in [6.07, 6.45) is 2.20. The summed E-state index contributed by atoms with van der Waals surface area (Å²) >= 11 is 1.77. The first kappa shape index (κ1) is 16.0. The number of benzene rings is 1. The molecule has 1 saturated heterocycles. The van der Waals surface area contributed by atoms with Crippen molar-refractivity contribution in [3.8, 4) is 11.3 Å². The summed E-state index contributed by atoms with van der Waals surface area (Å²) in [6, 6.07) is 5.95. The van der Waals surface area contributed by atoms with Gasteiger partial charge in [0.2, 0.25) is 5.91 Å². The minimum absolute atomic E-state index is 0.134. The van der Waals surface area contributed by atoms with E-state index in [0.717, 1.165) is 34.0 Å². The number of thioether (sulfide) groups is 1. The summed E-state index contributed by atoms with van der Waals surface area (Å²) in [5, 5.41) is 9.99. The number of hydrogen-bond donors (Lipinski definition) is 2. The fourth-order valence-corrected chi connectivity index (χ4v) is 4.17. The van der Waals surface area contributed by atoms with Crippen molar-refractivity contribution in [2.75, 3.05) is 23.7 Å². The molecule has 1 atom stereocenters. The van der Waals surface area contributed by atoms with Crippen molar-refractivity contribution < 1.29 is 14.3 Å². The topological polar surface area (TPSA) is 87.3 Å². The summed E-state index contributed by atoms with van der Waals surface area (Å²) in [4.78, 5) is 25.9. The monoisotopic (exact) mass is 358 g/mol. The smallest absolute Gasteiger partial charge is 0.414 e. The standard InChI is InChI=1S/C17H18N4O3S/c1-10(22)18-8-13-9-21(17(23)24-13)12-2-3-14-15(6-12)25-5-4-11-7-19-20-16(11)14/h2-3,6-7,13H,4-5,8-9H2,1H3,(H,18,22)(H,19,20)/t13-/m0/s1. The number of H-pyrrole nitrogens is 1. The number of rotatable bonds is 3. The highest BCUT2D eigenvalue weighted by Gasteiger charge is 2.33. The van der Waals surface area contributed by atoms with Crippen molar-refractivity contribution in [3.05, 3.63) is 30.0 Å². The van der Waals surface area contributed by atoms with Gasteiger partial charge in [0.25, 0.3) is 0 Å². The molecule has 3 heterocycles. The van der Waals surface area contributed by atoms with Gasteiger partial charge in [-0.3, -0.25) is 14.8 Å². The van der Waals surface area contributed by atoms with Crippen LogP contribution in [0.25, 0.3) is 11.3 Å². The number of anilines is 1. The van der Waals surface area contributed by atoms with E-state index < -0.39 is 0 Å². The Morgan fingerprint density at radius 3 is 3.24 bits per heavy atom. The first-order valence-electron chi connectivity index (χ1n) is 8.14. The second-order valence-electron chi connectivity index (χ2n) is 6.09. The number of carbonyl (C=O) groups excluding carboxylic acids is 2. The number of amides is 2. The van der Waals surface area contributed by atoms with E-state index in [1.165, 1.54) is 12.5 Å². The molecule has 0 unspecified atom stereocenters. The lowest BCUT2D eigenvalue weighted by Crippen LogP contribution is -2.33. The summed E-state index contributed by atoms with van der Waals surface area (Å²) in [5.41, 5.74) is 4.10. The number of nitrogens with one attached hydrogen (secondary N) is 2. The fraction of sp³-hybridized carbons (Fsp3) is 0.353. The summed E-state index contributed by atoms with van der Waals surface area (Å²) < 4.78 is 5.34. The van der Waals surface area contributed by atoms with E-state index in [-0.39, 0.29) is 18.1 Å². The molecule has 1 aromatic heterocycles. The van der Waals surface area contributed by atoms with Gasteiger partial charge in [-0.15, -0.1) is 11.8 Å². The van der Waals surface area contributed by atoms with Crippen molar-refractivity contribution in [3.63, 3.8) is 0 Å². The molecule has 2 aromatic rings. The molecule has 130 valence electrons. The molecule has 0 aliphatic carbocycles. The number of aromatic amines is 1. The Kier molecular flexibility index (Phi) is 4.12. The molecule has 2 N–H and O–H groups in total. The molecule has 4 rings (SSSR count). The minimum atomic E-state index is -0.380. The molecule has 2 amide bonds. The Balaban J connectivity index is 1.58. The zero-order valence-electron chi connectivity index (χ0n) is 13.7. The lowest BCUT2D eigenvalue weighted by Gasteiger charge is -2.15. The third-order valence-electron chi connectivity index (χ3n) is 4.33. The highest BCUT2D eigenvalue weighted by atomic mass is 32.2. The van der Waals surface area contributed by atoms with Gasteiger partial charge >= 0.3 is 6.09 Å². The fourth-order valence-electron chi connectivity index (χ4n) is 3.10. The van der Waals surface area contributed by atoms with Crippen LogP contribution in [0.5, 0.6) is 0 Å². The molecule has 1 aromatic carbocycles. The highest BCUT2D eigenvalue weighted by Crippen LogP contribution is 2.39. The lowest BCUT2D eigenvalue weighted by atomic mass is 10.1. The van der Waals surface area contributed by atoms with E-state index in [9.17, 15) is 9.59 Å². The van der Waals surface area contributed by atoms with Crippen molar-refractivity contribution in [2.24, 2.45) is 0 Å². The summed E-state index contributed by atoms with van der Waals surface area (Å²) in [5.74, 6) is 0.837. The Labute approximate surface area is 149 Å². The van der Waals surface area contributed by atoms with Crippen LogP contribution >= 0.6 is 11.8 Å². The maximum Gasteiger partial charge on any atom is 0.414 e. The van der Waals surface area contributed by atoms with Crippen LogP contribution < -0.4 is 10.2 Å². The van der Waals surface area contributed by atoms with Gasteiger partial charge in [0.15, 0.2) is 0 Å². The second-order valence-corrected chi connectivity index (χ2v) is 7.23. The predicted molar refractivity (Wildman–Crippen MR) is 94.8 cm³/mol. The number of fused-ring (bicyclic) bond motifs is 3. The number of carbonyl (C=O) groups is 2. The van der Waals surface area contributed by atoms with Crippen LogP contribution in [0.2, 0.25) is 0 Å². The van der Waals surface area contributed by atoms with E-state index >= 15 is 0 Å². The molecule has 25 heavy (non-hydrogen) atoms. The van der Waals surface area contributed by atoms with Crippen LogP contribution in [0, 0.1) is 0 Å². The summed E-state index contributed by atoms with van der Waals surface area (Å²) in [6.45, 7) is 2.20. The summed E-state index contributed by atoms with van der Waals surface area (Å²) in [7, 11) is 0. The Morgan fingerprint density at radius 1 is 1.52 bits per heavy atom. The zero-order chi connectivity index (χ0) is 17.4. The van der Waals surface area contributed by atoms with Gasteiger partial charge in [-0.05, 0) is 30.2 Å². The minimum Gasteiger partial charge on any atom is -0.442 e. The first-order chi connectivity index (χ1) is 12.1. The van der Waals surface area contributed by atoms with Crippen LogP contribution in [-0.4, -0.2) is 47.1 Å². The molecular formula is C17H18N4O3S. The zero-order valence-corrected chi connectivity index (χ0v) is 14.6. The second kappa shape index (κ2) is 6.44. The van der Waals surface area contributed by atoms with Crippen molar-refractivity contribution in [1.29, 1.82) is 0 Å². The molecule has 0 spiro atoms. The van der Waals surface area contributed by atoms with E-state index in [1.54, 1.807) is 16.7 Å². The third-order valence-corrected chi connectivity index (χ3v) is 5.39. The van der Waals surface area contributed by atoms with Crippen molar-refractivity contribution >= 4 is 29.4 Å². The SMILES string of the molecule is CC(=O)NC[C@H]1CN(c2ccc3c(c2)SCCc2c[nH]nc2-3)C(=O)O1.